The van der Waals surface area contributed by atoms with Gasteiger partial charge in [-0.2, -0.15) is 0 Å². The van der Waals surface area contributed by atoms with Crippen molar-refractivity contribution in [2.75, 3.05) is 31.6 Å². The molecule has 6 heteroatoms. The summed E-state index contributed by atoms with van der Waals surface area (Å²) in [5.41, 5.74) is 2.38. The summed E-state index contributed by atoms with van der Waals surface area (Å²) >= 11 is 0. The van der Waals surface area contributed by atoms with Crippen molar-refractivity contribution in [1.82, 2.24) is 10.6 Å². The number of rotatable bonds is 5. The summed E-state index contributed by atoms with van der Waals surface area (Å²) in [5.74, 6) is 0.625. The Balaban J connectivity index is 0.00000243. The molecule has 26 heavy (non-hydrogen) atoms. The Morgan fingerprint density at radius 3 is 2.58 bits per heavy atom. The first-order valence-corrected chi connectivity index (χ1v) is 8.76. The van der Waals surface area contributed by atoms with Crippen LogP contribution in [0.1, 0.15) is 12.0 Å². The van der Waals surface area contributed by atoms with Crippen LogP contribution in [0.3, 0.4) is 0 Å². The van der Waals surface area contributed by atoms with Gasteiger partial charge < -0.3 is 15.5 Å². The van der Waals surface area contributed by atoms with Crippen molar-refractivity contribution >= 4 is 35.6 Å². The minimum atomic E-state index is -0.196. The third-order valence-electron chi connectivity index (χ3n) is 4.49. The molecule has 1 atom stereocenters. The van der Waals surface area contributed by atoms with Crippen molar-refractivity contribution in [3.63, 3.8) is 0 Å². The first-order valence-electron chi connectivity index (χ1n) is 8.76. The molecular formula is C20H26FIN4. The van der Waals surface area contributed by atoms with E-state index in [2.05, 4.69) is 44.8 Å². The average Bonchev–Trinajstić information content (AvgIpc) is 3.12. The van der Waals surface area contributed by atoms with Crippen LogP contribution in [0.2, 0.25) is 0 Å². The van der Waals surface area contributed by atoms with Crippen molar-refractivity contribution in [3.8, 4) is 0 Å². The Hall–Kier alpha value is -1.83. The highest BCUT2D eigenvalue weighted by Crippen LogP contribution is 2.19. The predicted molar refractivity (Wildman–Crippen MR) is 117 cm³/mol. The third kappa shape index (κ3) is 5.86. The summed E-state index contributed by atoms with van der Waals surface area (Å²) in [7, 11) is 1.79. The maximum Gasteiger partial charge on any atom is 0.191 e. The molecule has 0 aromatic heterocycles. The van der Waals surface area contributed by atoms with E-state index in [4.69, 9.17) is 0 Å². The second kappa shape index (κ2) is 10.4. The highest BCUT2D eigenvalue weighted by molar-refractivity contribution is 14.0. The molecule has 2 aromatic carbocycles. The number of benzene rings is 2. The van der Waals surface area contributed by atoms with Crippen molar-refractivity contribution in [1.29, 1.82) is 0 Å². The quantitative estimate of drug-likeness (QED) is 0.402. The Labute approximate surface area is 171 Å². The summed E-state index contributed by atoms with van der Waals surface area (Å²) < 4.78 is 12.9. The number of nitrogens with one attached hydrogen (secondary N) is 2. The lowest BCUT2D eigenvalue weighted by atomic mass is 10.1. The van der Waals surface area contributed by atoms with E-state index in [0.29, 0.717) is 6.04 Å². The summed E-state index contributed by atoms with van der Waals surface area (Å²) in [5, 5.41) is 6.84. The smallest absolute Gasteiger partial charge is 0.191 e. The van der Waals surface area contributed by atoms with Crippen molar-refractivity contribution < 1.29 is 4.39 Å². The Bertz CT molecular complexity index is 691. The van der Waals surface area contributed by atoms with Crippen LogP contribution >= 0.6 is 24.0 Å². The molecule has 1 heterocycles. The lowest BCUT2D eigenvalue weighted by Crippen LogP contribution is -2.45. The van der Waals surface area contributed by atoms with Gasteiger partial charge in [0.05, 0.1) is 0 Å². The van der Waals surface area contributed by atoms with Gasteiger partial charge in [0.25, 0.3) is 0 Å². The van der Waals surface area contributed by atoms with Crippen molar-refractivity contribution in [2.45, 2.75) is 18.9 Å². The van der Waals surface area contributed by atoms with Crippen molar-refractivity contribution in [2.24, 2.45) is 4.99 Å². The molecule has 1 fully saturated rings. The van der Waals surface area contributed by atoms with Crippen LogP contribution in [-0.4, -0.2) is 38.7 Å². The molecule has 0 bridgehead atoms. The molecule has 0 aliphatic carbocycles. The summed E-state index contributed by atoms with van der Waals surface area (Å²) in [6, 6.07) is 17.5. The van der Waals surface area contributed by atoms with Crippen LogP contribution in [0.25, 0.3) is 0 Å². The highest BCUT2D eigenvalue weighted by Gasteiger charge is 2.23. The van der Waals surface area contributed by atoms with Crippen LogP contribution in [0.15, 0.2) is 59.6 Å². The number of halogens is 2. The van der Waals surface area contributed by atoms with E-state index in [1.807, 2.05) is 18.2 Å². The van der Waals surface area contributed by atoms with E-state index in [1.54, 1.807) is 7.05 Å². The molecule has 4 nitrogen and oxygen atoms in total. The van der Waals surface area contributed by atoms with Gasteiger partial charge in [-0.25, -0.2) is 4.39 Å². The van der Waals surface area contributed by atoms with Crippen LogP contribution in [-0.2, 0) is 6.42 Å². The van der Waals surface area contributed by atoms with E-state index in [-0.39, 0.29) is 29.8 Å². The van der Waals surface area contributed by atoms with Gasteiger partial charge in [-0.15, -0.1) is 24.0 Å². The average molecular weight is 468 g/mol. The van der Waals surface area contributed by atoms with E-state index >= 15 is 0 Å². The number of hydrogen-bond acceptors (Lipinski definition) is 2. The molecule has 1 saturated heterocycles. The number of guanidine groups is 1. The molecule has 3 rings (SSSR count). The van der Waals surface area contributed by atoms with Gasteiger partial charge in [-0.05, 0) is 42.7 Å². The Morgan fingerprint density at radius 2 is 1.88 bits per heavy atom. The van der Waals surface area contributed by atoms with E-state index in [9.17, 15) is 4.39 Å². The highest BCUT2D eigenvalue weighted by atomic mass is 127. The number of para-hydroxylation sites is 1. The third-order valence-corrected chi connectivity index (χ3v) is 4.49. The van der Waals surface area contributed by atoms with Gasteiger partial charge in [0.2, 0.25) is 0 Å². The maximum atomic E-state index is 12.9. The zero-order chi connectivity index (χ0) is 17.5. The minimum absolute atomic E-state index is 0. The molecule has 1 aliphatic heterocycles. The van der Waals surface area contributed by atoms with Gasteiger partial charge in [-0.1, -0.05) is 30.3 Å². The van der Waals surface area contributed by atoms with Gasteiger partial charge in [-0.3, -0.25) is 4.99 Å². The fourth-order valence-corrected chi connectivity index (χ4v) is 3.12. The Morgan fingerprint density at radius 1 is 1.15 bits per heavy atom. The van der Waals surface area contributed by atoms with Crippen LogP contribution in [0.5, 0.6) is 0 Å². The van der Waals surface area contributed by atoms with Crippen LogP contribution < -0.4 is 15.5 Å². The molecule has 0 spiro atoms. The number of nitrogens with zero attached hydrogens (tertiary/aromatic N) is 2. The maximum absolute atomic E-state index is 12.9. The second-order valence-electron chi connectivity index (χ2n) is 6.29. The molecule has 1 unspecified atom stereocenters. The van der Waals surface area contributed by atoms with Crippen LogP contribution in [0, 0.1) is 5.82 Å². The summed E-state index contributed by atoms with van der Waals surface area (Å²) in [6.07, 6.45) is 1.93. The summed E-state index contributed by atoms with van der Waals surface area (Å²) in [4.78, 5) is 6.70. The summed E-state index contributed by atoms with van der Waals surface area (Å²) in [6.45, 7) is 2.79. The van der Waals surface area contributed by atoms with Crippen LogP contribution in [0.4, 0.5) is 10.1 Å². The lowest BCUT2D eigenvalue weighted by Gasteiger charge is -2.20. The zero-order valence-corrected chi connectivity index (χ0v) is 17.3. The monoisotopic (exact) mass is 468 g/mol. The van der Waals surface area contributed by atoms with Gasteiger partial charge >= 0.3 is 0 Å². The lowest BCUT2D eigenvalue weighted by molar-refractivity contribution is 0.626. The minimum Gasteiger partial charge on any atom is -0.369 e. The largest absolute Gasteiger partial charge is 0.369 e. The van der Waals surface area contributed by atoms with Crippen molar-refractivity contribution in [3.05, 3.63) is 66.0 Å². The topological polar surface area (TPSA) is 39.7 Å². The van der Waals surface area contributed by atoms with E-state index < -0.39 is 0 Å². The Kier molecular flexibility index (Phi) is 8.15. The molecule has 2 aromatic rings. The predicted octanol–water partition coefficient (Wildman–Crippen LogP) is 3.43. The molecule has 0 radical (unpaired) electrons. The number of anilines is 1. The molecular weight excluding hydrogens is 442 g/mol. The van der Waals surface area contributed by atoms with Gasteiger partial charge in [0, 0.05) is 38.4 Å². The SMILES string of the molecule is CN=C(NCCc1ccc(F)cc1)NC1CCN(c2ccccc2)C1.I. The second-order valence-corrected chi connectivity index (χ2v) is 6.29. The first-order chi connectivity index (χ1) is 12.2. The van der Waals surface area contributed by atoms with E-state index in [1.165, 1.54) is 17.8 Å². The zero-order valence-electron chi connectivity index (χ0n) is 15.0. The van der Waals surface area contributed by atoms with Gasteiger partial charge in [0.15, 0.2) is 5.96 Å². The number of hydrogen-bond donors (Lipinski definition) is 2. The molecule has 0 saturated carbocycles. The standard InChI is InChI=1S/C20H25FN4.HI/c1-22-20(23-13-11-16-7-9-17(21)10-8-16)24-18-12-14-25(15-18)19-5-3-2-4-6-19;/h2-10,18H,11-15H2,1H3,(H2,22,23,24);1H. The first kappa shape index (κ1) is 20.5. The fourth-order valence-electron chi connectivity index (χ4n) is 3.12. The van der Waals surface area contributed by atoms with Gasteiger partial charge in [0.1, 0.15) is 5.82 Å². The molecule has 1 aliphatic rings. The molecule has 2 N–H and O–H groups in total. The molecule has 140 valence electrons. The van der Waals surface area contributed by atoms with E-state index in [0.717, 1.165) is 44.0 Å². The fraction of sp³-hybridized carbons (Fsp3) is 0.350. The molecule has 0 amide bonds. The normalized spacial score (nSPS) is 16.9. The number of aliphatic imine (C=N–C) groups is 1.